The predicted octanol–water partition coefficient (Wildman–Crippen LogP) is 3.81. The highest BCUT2D eigenvalue weighted by molar-refractivity contribution is 7.17. The first-order valence-corrected chi connectivity index (χ1v) is 10.4. The second-order valence-electron chi connectivity index (χ2n) is 6.08. The van der Waals surface area contributed by atoms with Gasteiger partial charge in [0.25, 0.3) is 0 Å². The van der Waals surface area contributed by atoms with Gasteiger partial charge in [-0.1, -0.05) is 35.3 Å². The Bertz CT molecular complexity index is 1000. The first-order valence-electron chi connectivity index (χ1n) is 8.82. The Balaban J connectivity index is 1.69. The van der Waals surface area contributed by atoms with Crippen molar-refractivity contribution < 1.29 is 19.1 Å². The van der Waals surface area contributed by atoms with Gasteiger partial charge in [-0.15, -0.1) is 11.3 Å². The number of hydrogen-bond acceptors (Lipinski definition) is 6. The molecule has 7 nitrogen and oxygen atoms in total. The highest BCUT2D eigenvalue weighted by Crippen LogP contribution is 2.39. The molecule has 0 spiro atoms. The van der Waals surface area contributed by atoms with Crippen LogP contribution in [0.2, 0.25) is 10.0 Å². The number of fused-ring (bicyclic) bond motifs is 1. The van der Waals surface area contributed by atoms with Gasteiger partial charge in [0.1, 0.15) is 5.00 Å². The number of benzene rings is 1. The van der Waals surface area contributed by atoms with Crippen LogP contribution in [0.25, 0.3) is 0 Å². The molecular formula is C19H17Cl2N3O4S. The van der Waals surface area contributed by atoms with Crippen LogP contribution in [-0.4, -0.2) is 30.6 Å². The third-order valence-electron chi connectivity index (χ3n) is 4.19. The fourth-order valence-corrected chi connectivity index (χ4v) is 4.53. The minimum absolute atomic E-state index is 0.220. The molecule has 2 N–H and O–H groups in total. The summed E-state index contributed by atoms with van der Waals surface area (Å²) in [6.45, 7) is 1.93. The summed E-state index contributed by atoms with van der Waals surface area (Å²) >= 11 is 13.2. The summed E-state index contributed by atoms with van der Waals surface area (Å²) in [5.41, 5.74) is 3.83. The summed E-state index contributed by atoms with van der Waals surface area (Å²) < 4.78 is 5.10. The largest absolute Gasteiger partial charge is 0.462 e. The summed E-state index contributed by atoms with van der Waals surface area (Å²) in [5.74, 6) is -2.43. The first-order chi connectivity index (χ1) is 13.9. The van der Waals surface area contributed by atoms with E-state index in [2.05, 4.69) is 15.8 Å². The second kappa shape index (κ2) is 9.39. The number of ether oxygens (including phenoxy) is 1. The Hall–Kier alpha value is -2.42. The maximum absolute atomic E-state index is 12.3. The van der Waals surface area contributed by atoms with Crippen LogP contribution in [0.3, 0.4) is 0 Å². The molecule has 1 aliphatic carbocycles. The number of nitrogens with one attached hydrogen (secondary N) is 2. The van der Waals surface area contributed by atoms with E-state index in [-0.39, 0.29) is 11.6 Å². The van der Waals surface area contributed by atoms with Crippen LogP contribution in [0.15, 0.2) is 23.3 Å². The number of amides is 2. The van der Waals surface area contributed by atoms with Gasteiger partial charge < -0.3 is 10.1 Å². The van der Waals surface area contributed by atoms with Crippen molar-refractivity contribution in [3.05, 3.63) is 49.8 Å². The third-order valence-corrected chi connectivity index (χ3v) is 6.23. The van der Waals surface area contributed by atoms with Crippen molar-refractivity contribution in [1.82, 2.24) is 5.43 Å². The van der Waals surface area contributed by atoms with Crippen LogP contribution in [-0.2, 0) is 27.2 Å². The zero-order valence-electron chi connectivity index (χ0n) is 15.4. The molecule has 0 saturated heterocycles. The summed E-state index contributed by atoms with van der Waals surface area (Å²) in [7, 11) is 0. The molecule has 3 rings (SSSR count). The number of esters is 1. The molecule has 152 valence electrons. The van der Waals surface area contributed by atoms with Crippen LogP contribution in [0.1, 0.15) is 39.7 Å². The quantitative estimate of drug-likeness (QED) is 0.311. The molecule has 10 heteroatoms. The number of carbonyl (C=O) groups excluding carboxylic acids is 3. The monoisotopic (exact) mass is 453 g/mol. The van der Waals surface area contributed by atoms with E-state index in [4.69, 9.17) is 27.9 Å². The lowest BCUT2D eigenvalue weighted by molar-refractivity contribution is -0.136. The van der Waals surface area contributed by atoms with Crippen LogP contribution < -0.4 is 10.7 Å². The molecule has 1 aromatic carbocycles. The van der Waals surface area contributed by atoms with Crippen molar-refractivity contribution in [2.24, 2.45) is 5.10 Å². The van der Waals surface area contributed by atoms with E-state index in [1.54, 1.807) is 25.1 Å². The molecule has 0 fully saturated rings. The number of halogens is 2. The number of aryl methyl sites for hydroxylation is 1. The number of thiophene rings is 1. The van der Waals surface area contributed by atoms with Crippen molar-refractivity contribution in [1.29, 1.82) is 0 Å². The smallest absolute Gasteiger partial charge is 0.341 e. The van der Waals surface area contributed by atoms with Crippen molar-refractivity contribution in [2.45, 2.75) is 26.2 Å². The molecular weight excluding hydrogens is 437 g/mol. The summed E-state index contributed by atoms with van der Waals surface area (Å²) in [4.78, 5) is 37.6. The molecule has 1 aromatic heterocycles. The molecule has 1 aliphatic rings. The standard InChI is InChI=1S/C19H17Cl2N3O4S/c1-2-28-19(27)14-11-6-4-8-13(11)29-18(14)23-16(25)17(26)24-22-9-10-5-3-7-12(20)15(10)21/h3,5,7,9H,2,4,6,8H2,1H3,(H,23,25)(H,24,26)/b22-9+. The number of anilines is 1. The Labute approximate surface area is 181 Å². The van der Waals surface area contributed by atoms with E-state index < -0.39 is 17.8 Å². The average molecular weight is 454 g/mol. The molecule has 29 heavy (non-hydrogen) atoms. The SMILES string of the molecule is CCOC(=O)c1c(NC(=O)C(=O)N/N=C/c2cccc(Cl)c2Cl)sc2c1CCC2. The Morgan fingerprint density at radius 1 is 1.24 bits per heavy atom. The van der Waals surface area contributed by atoms with Crippen molar-refractivity contribution in [3.8, 4) is 0 Å². The van der Waals surface area contributed by atoms with Crippen molar-refractivity contribution >= 4 is 63.5 Å². The molecule has 2 amide bonds. The minimum Gasteiger partial charge on any atom is -0.462 e. The Kier molecular flexibility index (Phi) is 6.89. The van der Waals surface area contributed by atoms with Crippen molar-refractivity contribution in [3.63, 3.8) is 0 Å². The molecule has 0 saturated carbocycles. The summed E-state index contributed by atoms with van der Waals surface area (Å²) in [6, 6.07) is 4.95. The van der Waals surface area contributed by atoms with Crippen LogP contribution in [0.5, 0.6) is 0 Å². The lowest BCUT2D eigenvalue weighted by Gasteiger charge is -2.07. The van der Waals surface area contributed by atoms with Gasteiger partial charge in [-0.3, -0.25) is 9.59 Å². The third kappa shape index (κ3) is 4.77. The van der Waals surface area contributed by atoms with E-state index >= 15 is 0 Å². The average Bonchev–Trinajstić information content (AvgIpc) is 3.25. The maximum atomic E-state index is 12.3. The van der Waals surface area contributed by atoms with E-state index in [0.29, 0.717) is 21.2 Å². The van der Waals surface area contributed by atoms with Gasteiger partial charge in [0.15, 0.2) is 0 Å². The molecule has 0 aliphatic heterocycles. The van der Waals surface area contributed by atoms with E-state index in [0.717, 1.165) is 29.7 Å². The fourth-order valence-electron chi connectivity index (χ4n) is 2.90. The van der Waals surface area contributed by atoms with Gasteiger partial charge in [0, 0.05) is 10.4 Å². The fraction of sp³-hybridized carbons (Fsp3) is 0.263. The first kappa shape index (κ1) is 21.3. The Morgan fingerprint density at radius 2 is 2.03 bits per heavy atom. The summed E-state index contributed by atoms with van der Waals surface area (Å²) in [5, 5.41) is 7.16. The normalized spacial score (nSPS) is 12.7. The highest BCUT2D eigenvalue weighted by atomic mass is 35.5. The second-order valence-corrected chi connectivity index (χ2v) is 7.97. The summed E-state index contributed by atoms with van der Waals surface area (Å²) in [6.07, 6.45) is 3.80. The van der Waals surface area contributed by atoms with Gasteiger partial charge in [-0.2, -0.15) is 5.10 Å². The molecule has 0 bridgehead atoms. The van der Waals surface area contributed by atoms with Crippen LogP contribution >= 0.6 is 34.5 Å². The van der Waals surface area contributed by atoms with E-state index in [1.165, 1.54) is 17.6 Å². The van der Waals surface area contributed by atoms with Gasteiger partial charge in [0.2, 0.25) is 0 Å². The zero-order valence-corrected chi connectivity index (χ0v) is 17.7. The molecule has 2 aromatic rings. The lowest BCUT2D eigenvalue weighted by Crippen LogP contribution is -2.32. The minimum atomic E-state index is -0.984. The van der Waals surface area contributed by atoms with Gasteiger partial charge in [-0.05, 0) is 37.8 Å². The van der Waals surface area contributed by atoms with Gasteiger partial charge in [-0.25, -0.2) is 10.2 Å². The molecule has 0 atom stereocenters. The Morgan fingerprint density at radius 3 is 2.79 bits per heavy atom. The van der Waals surface area contributed by atoms with Gasteiger partial charge >= 0.3 is 17.8 Å². The van der Waals surface area contributed by atoms with Gasteiger partial charge in [0.05, 0.1) is 28.4 Å². The number of nitrogens with zero attached hydrogens (tertiary/aromatic N) is 1. The zero-order chi connectivity index (χ0) is 21.0. The molecule has 0 unspecified atom stereocenters. The number of carbonyl (C=O) groups is 3. The van der Waals surface area contributed by atoms with Crippen molar-refractivity contribution in [2.75, 3.05) is 11.9 Å². The lowest BCUT2D eigenvalue weighted by atomic mass is 10.1. The van der Waals surface area contributed by atoms with E-state index in [9.17, 15) is 14.4 Å². The maximum Gasteiger partial charge on any atom is 0.341 e. The van der Waals surface area contributed by atoms with Crippen LogP contribution in [0, 0.1) is 0 Å². The molecule has 1 heterocycles. The molecule has 0 radical (unpaired) electrons. The highest BCUT2D eigenvalue weighted by Gasteiger charge is 2.29. The number of hydrogen-bond donors (Lipinski definition) is 2. The topological polar surface area (TPSA) is 96.9 Å². The number of hydrazone groups is 1. The number of rotatable bonds is 5. The van der Waals surface area contributed by atoms with E-state index in [1.807, 2.05) is 0 Å². The van der Waals surface area contributed by atoms with Crippen LogP contribution in [0.4, 0.5) is 5.00 Å². The predicted molar refractivity (Wildman–Crippen MR) is 113 cm³/mol.